The first-order chi connectivity index (χ1) is 15.5. The molecule has 0 radical (unpaired) electrons. The number of hydrogen-bond acceptors (Lipinski definition) is 3. The number of halogens is 1. The lowest BCUT2D eigenvalue weighted by molar-refractivity contribution is -0.139. The fourth-order valence-corrected chi connectivity index (χ4v) is 3.98. The van der Waals surface area contributed by atoms with Gasteiger partial charge in [0.05, 0.1) is 0 Å². The van der Waals surface area contributed by atoms with Crippen molar-refractivity contribution in [1.82, 2.24) is 0 Å². The normalized spacial score (nSPS) is 13.6. The summed E-state index contributed by atoms with van der Waals surface area (Å²) >= 11 is 2.32. The van der Waals surface area contributed by atoms with Crippen molar-refractivity contribution in [1.29, 1.82) is 0 Å². The Kier molecular flexibility index (Phi) is 7.15. The Morgan fingerprint density at radius 3 is 2.25 bits per heavy atom. The Labute approximate surface area is 202 Å². The van der Waals surface area contributed by atoms with Gasteiger partial charge in [0.15, 0.2) is 6.61 Å². The molecule has 0 saturated heterocycles. The van der Waals surface area contributed by atoms with Crippen LogP contribution in [0.4, 0.5) is 0 Å². The van der Waals surface area contributed by atoms with Crippen molar-refractivity contribution in [2.75, 3.05) is 13.2 Å². The van der Waals surface area contributed by atoms with Crippen LogP contribution >= 0.6 is 22.6 Å². The highest BCUT2D eigenvalue weighted by molar-refractivity contribution is 14.1. The number of carboxylic acid groups (broad SMARTS) is 1. The minimum atomic E-state index is -0.997. The highest BCUT2D eigenvalue weighted by Crippen LogP contribution is 2.40. The maximum Gasteiger partial charge on any atom is 0.341 e. The fraction of sp³-hybridized carbons (Fsp3) is 0.222. The van der Waals surface area contributed by atoms with Crippen LogP contribution in [0.1, 0.15) is 41.0 Å². The van der Waals surface area contributed by atoms with Crippen molar-refractivity contribution in [3.63, 3.8) is 0 Å². The van der Waals surface area contributed by atoms with Crippen molar-refractivity contribution in [3.05, 3.63) is 98.6 Å². The third-order valence-corrected chi connectivity index (χ3v) is 6.18. The maximum atomic E-state index is 10.7. The molecule has 0 amide bonds. The predicted molar refractivity (Wildman–Crippen MR) is 134 cm³/mol. The second kappa shape index (κ2) is 10.2. The maximum absolute atomic E-state index is 10.7. The summed E-state index contributed by atoms with van der Waals surface area (Å²) in [6.45, 7) is 1.93. The summed E-state index contributed by atoms with van der Waals surface area (Å²) < 4.78 is 12.5. The van der Waals surface area contributed by atoms with E-state index in [1.54, 1.807) is 12.1 Å². The van der Waals surface area contributed by atoms with Crippen LogP contribution in [0, 0.1) is 10.5 Å². The zero-order chi connectivity index (χ0) is 22.5. The summed E-state index contributed by atoms with van der Waals surface area (Å²) in [6, 6.07) is 22.8. The third-order valence-electron chi connectivity index (χ3n) is 5.46. The molecular weight excluding hydrogens is 515 g/mol. The molecule has 5 heteroatoms. The van der Waals surface area contributed by atoms with Gasteiger partial charge >= 0.3 is 5.97 Å². The molecule has 1 aliphatic carbocycles. The van der Waals surface area contributed by atoms with Crippen LogP contribution in [0.25, 0.3) is 5.57 Å². The van der Waals surface area contributed by atoms with E-state index in [-0.39, 0.29) is 6.61 Å². The van der Waals surface area contributed by atoms with Crippen LogP contribution in [-0.4, -0.2) is 24.3 Å². The van der Waals surface area contributed by atoms with E-state index in [1.165, 1.54) is 27.5 Å². The van der Waals surface area contributed by atoms with Gasteiger partial charge < -0.3 is 14.6 Å². The molecule has 1 saturated carbocycles. The van der Waals surface area contributed by atoms with E-state index in [0.29, 0.717) is 18.1 Å². The van der Waals surface area contributed by atoms with Gasteiger partial charge in [0.1, 0.15) is 18.1 Å². The Morgan fingerprint density at radius 1 is 1.00 bits per heavy atom. The average Bonchev–Trinajstić information content (AvgIpc) is 3.63. The molecule has 4 nitrogen and oxygen atoms in total. The molecule has 4 rings (SSSR count). The summed E-state index contributed by atoms with van der Waals surface area (Å²) in [5, 5.41) is 8.78. The van der Waals surface area contributed by atoms with Crippen molar-refractivity contribution in [2.24, 2.45) is 0 Å². The molecule has 164 valence electrons. The molecule has 0 bridgehead atoms. The van der Waals surface area contributed by atoms with Gasteiger partial charge in [-0.3, -0.25) is 0 Å². The molecule has 1 N–H and O–H groups in total. The van der Waals surface area contributed by atoms with Crippen LogP contribution in [0.5, 0.6) is 11.5 Å². The van der Waals surface area contributed by atoms with Crippen LogP contribution in [-0.2, 0) is 4.79 Å². The average molecular weight is 540 g/mol. The number of aryl methyl sites for hydroxylation is 1. The Morgan fingerprint density at radius 2 is 1.66 bits per heavy atom. The Balaban J connectivity index is 1.51. The van der Waals surface area contributed by atoms with E-state index in [1.807, 2.05) is 13.0 Å². The Hall–Kier alpha value is -2.80. The van der Waals surface area contributed by atoms with Gasteiger partial charge in [0.25, 0.3) is 0 Å². The van der Waals surface area contributed by atoms with Crippen LogP contribution in [0.2, 0.25) is 0 Å². The zero-order valence-corrected chi connectivity index (χ0v) is 20.0. The van der Waals surface area contributed by atoms with Gasteiger partial charge in [-0.05, 0) is 113 Å². The van der Waals surface area contributed by atoms with Crippen molar-refractivity contribution < 1.29 is 19.4 Å². The number of carbonyl (C=O) groups is 1. The van der Waals surface area contributed by atoms with Gasteiger partial charge in [-0.2, -0.15) is 0 Å². The second-order valence-electron chi connectivity index (χ2n) is 7.94. The first-order valence-corrected chi connectivity index (χ1v) is 11.7. The van der Waals surface area contributed by atoms with E-state index in [9.17, 15) is 4.79 Å². The number of benzene rings is 3. The van der Waals surface area contributed by atoms with Gasteiger partial charge in [0, 0.05) is 3.57 Å². The van der Waals surface area contributed by atoms with E-state index in [4.69, 9.17) is 14.6 Å². The summed E-state index contributed by atoms with van der Waals surface area (Å²) in [4.78, 5) is 10.7. The standard InChI is InChI=1S/C27H25IO4/c1-18-16-24(12-13-26(18)32-17-27(29)30)31-15-14-25(22-8-10-23(28)11-9-22)21-6-4-20(5-7-21)19-2-3-19/h4-14,16,19H,2-3,15,17H2,1H3,(H,29,30). The lowest BCUT2D eigenvalue weighted by atomic mass is 9.96. The number of carboxylic acids is 1. The van der Waals surface area contributed by atoms with Gasteiger partial charge in [-0.15, -0.1) is 0 Å². The smallest absolute Gasteiger partial charge is 0.341 e. The summed E-state index contributed by atoms with van der Waals surface area (Å²) in [7, 11) is 0. The minimum absolute atomic E-state index is 0.358. The summed E-state index contributed by atoms with van der Waals surface area (Å²) in [5.74, 6) is 1.00. The van der Waals surface area contributed by atoms with Gasteiger partial charge in [-0.25, -0.2) is 4.79 Å². The quantitative estimate of drug-likeness (QED) is 0.317. The van der Waals surface area contributed by atoms with Crippen LogP contribution < -0.4 is 9.47 Å². The highest BCUT2D eigenvalue weighted by Gasteiger charge is 2.23. The zero-order valence-electron chi connectivity index (χ0n) is 17.9. The Bertz CT molecular complexity index is 1110. The first kappa shape index (κ1) is 22.4. The predicted octanol–water partition coefficient (Wildman–Crippen LogP) is 6.45. The van der Waals surface area contributed by atoms with Crippen LogP contribution in [0.3, 0.4) is 0 Å². The van der Waals surface area contributed by atoms with Crippen LogP contribution in [0.15, 0.2) is 72.8 Å². The fourth-order valence-electron chi connectivity index (χ4n) is 3.62. The van der Waals surface area contributed by atoms with Gasteiger partial charge in [-0.1, -0.05) is 36.4 Å². The molecular formula is C27H25IO4. The lowest BCUT2D eigenvalue weighted by Crippen LogP contribution is -2.10. The van der Waals surface area contributed by atoms with Gasteiger partial charge in [0.2, 0.25) is 0 Å². The first-order valence-electron chi connectivity index (χ1n) is 10.6. The number of hydrogen-bond donors (Lipinski definition) is 1. The molecule has 3 aromatic rings. The number of ether oxygens (including phenoxy) is 2. The van der Waals surface area contributed by atoms with Crippen molar-refractivity contribution >= 4 is 34.1 Å². The molecule has 0 unspecified atom stereocenters. The number of rotatable bonds is 9. The molecule has 0 aromatic heterocycles. The number of aliphatic carboxylic acids is 1. The highest BCUT2D eigenvalue weighted by atomic mass is 127. The molecule has 0 atom stereocenters. The van der Waals surface area contributed by atoms with Crippen molar-refractivity contribution in [2.45, 2.75) is 25.7 Å². The molecule has 0 spiro atoms. The van der Waals surface area contributed by atoms with E-state index >= 15 is 0 Å². The molecule has 1 fully saturated rings. The minimum Gasteiger partial charge on any atom is -0.489 e. The lowest BCUT2D eigenvalue weighted by Gasteiger charge is -2.12. The topological polar surface area (TPSA) is 55.8 Å². The second-order valence-corrected chi connectivity index (χ2v) is 9.19. The third kappa shape index (κ3) is 5.91. The van der Waals surface area contributed by atoms with E-state index < -0.39 is 5.97 Å². The SMILES string of the molecule is Cc1cc(OCC=C(c2ccc(I)cc2)c2ccc(C3CC3)cc2)ccc1OCC(=O)O. The monoisotopic (exact) mass is 540 g/mol. The molecule has 3 aromatic carbocycles. The van der Waals surface area contributed by atoms with E-state index in [2.05, 4.69) is 77.2 Å². The molecule has 32 heavy (non-hydrogen) atoms. The molecule has 0 aliphatic heterocycles. The molecule has 1 aliphatic rings. The van der Waals surface area contributed by atoms with E-state index in [0.717, 1.165) is 22.6 Å². The summed E-state index contributed by atoms with van der Waals surface area (Å²) in [5.41, 5.74) is 5.73. The van der Waals surface area contributed by atoms with Crippen molar-refractivity contribution in [3.8, 4) is 11.5 Å². The largest absolute Gasteiger partial charge is 0.489 e. The summed E-state index contributed by atoms with van der Waals surface area (Å²) in [6.07, 6.45) is 4.71. The molecule has 0 heterocycles.